The van der Waals surface area contributed by atoms with Gasteiger partial charge in [-0.1, -0.05) is 79.2 Å². The predicted octanol–water partition coefficient (Wildman–Crippen LogP) is 4.10. The molecule has 2 fully saturated rings. The van der Waals surface area contributed by atoms with Crippen LogP contribution in [0.5, 0.6) is 0 Å². The second-order valence-electron chi connectivity index (χ2n) is 10.2. The first-order valence-corrected chi connectivity index (χ1v) is 15.5. The summed E-state index contributed by atoms with van der Waals surface area (Å²) in [6.07, 6.45) is 6.35. The normalized spacial score (nSPS) is 18.4. The second-order valence-corrected chi connectivity index (χ2v) is 11.5. The van der Waals surface area contributed by atoms with Crippen LogP contribution in [0.1, 0.15) is 32.3 Å². The number of halogens is 1. The van der Waals surface area contributed by atoms with Gasteiger partial charge in [0.05, 0.1) is 5.75 Å². The zero-order chi connectivity index (χ0) is 28.3. The van der Waals surface area contributed by atoms with E-state index >= 15 is 0 Å². The number of aromatic nitrogens is 2. The number of rotatable bonds is 10. The van der Waals surface area contributed by atoms with Crippen LogP contribution >= 0.6 is 23.4 Å². The SMILES string of the molecule is CCCCNC(=O)N1CCN(c2cc(Cl)nc(SCC(=O)N3CCN(CC=Cc4ccccc4)CC3)n2)CC1C. The summed E-state index contributed by atoms with van der Waals surface area (Å²) in [4.78, 5) is 42.8. The van der Waals surface area contributed by atoms with Crippen LogP contribution in [0, 0.1) is 0 Å². The summed E-state index contributed by atoms with van der Waals surface area (Å²) in [5.74, 6) is 1.09. The Hall–Kier alpha value is -2.82. The van der Waals surface area contributed by atoms with Crippen molar-refractivity contribution in [3.8, 4) is 0 Å². The molecule has 0 spiro atoms. The average Bonchev–Trinajstić information content (AvgIpc) is 2.96. The van der Waals surface area contributed by atoms with E-state index in [2.05, 4.69) is 51.3 Å². The number of carbonyl (C=O) groups is 2. The summed E-state index contributed by atoms with van der Waals surface area (Å²) >= 11 is 7.66. The second kappa shape index (κ2) is 15.3. The Morgan fingerprint density at radius 2 is 1.88 bits per heavy atom. The molecule has 0 radical (unpaired) electrons. The zero-order valence-electron chi connectivity index (χ0n) is 23.5. The molecule has 1 N–H and O–H groups in total. The first kappa shape index (κ1) is 30.1. The third-order valence-corrected chi connectivity index (χ3v) is 8.23. The molecule has 3 amide bonds. The summed E-state index contributed by atoms with van der Waals surface area (Å²) in [7, 11) is 0. The van der Waals surface area contributed by atoms with E-state index < -0.39 is 0 Å². The maximum atomic E-state index is 12.9. The lowest BCUT2D eigenvalue weighted by molar-refractivity contribution is -0.130. The van der Waals surface area contributed by atoms with E-state index in [1.165, 1.54) is 17.3 Å². The number of amides is 3. The standard InChI is InChI=1S/C29H40ClN7O2S/c1-3-4-12-31-29(39)37-19-18-36(21-23(37)2)26-20-25(30)32-28(33-26)40-22-27(38)35-16-14-34(15-17-35)13-8-11-24-9-6-5-7-10-24/h5-11,20,23H,3-4,12-19,21-22H2,1-2H3,(H,31,39). The lowest BCUT2D eigenvalue weighted by Gasteiger charge is -2.40. The highest BCUT2D eigenvalue weighted by Crippen LogP contribution is 2.24. The third-order valence-electron chi connectivity index (χ3n) is 7.20. The molecule has 9 nitrogen and oxygen atoms in total. The van der Waals surface area contributed by atoms with Crippen LogP contribution < -0.4 is 10.2 Å². The predicted molar refractivity (Wildman–Crippen MR) is 163 cm³/mol. The van der Waals surface area contributed by atoms with Crippen molar-refractivity contribution >= 4 is 47.2 Å². The van der Waals surface area contributed by atoms with Crippen molar-refractivity contribution in [2.45, 2.75) is 37.9 Å². The molecule has 1 aromatic heterocycles. The summed E-state index contributed by atoms with van der Waals surface area (Å²) in [5, 5.41) is 3.85. The Morgan fingerprint density at radius 3 is 2.60 bits per heavy atom. The number of benzene rings is 1. The van der Waals surface area contributed by atoms with Gasteiger partial charge in [-0.05, 0) is 18.9 Å². The van der Waals surface area contributed by atoms with Gasteiger partial charge in [0.2, 0.25) is 5.91 Å². The van der Waals surface area contributed by atoms with Crippen LogP contribution in [0.4, 0.5) is 10.6 Å². The molecule has 0 bridgehead atoms. The minimum Gasteiger partial charge on any atom is -0.353 e. The van der Waals surface area contributed by atoms with Gasteiger partial charge in [0, 0.05) is 71.0 Å². The lowest BCUT2D eigenvalue weighted by atomic mass is 10.2. The van der Waals surface area contributed by atoms with Crippen LogP contribution in [0.2, 0.25) is 5.15 Å². The van der Waals surface area contributed by atoms with Gasteiger partial charge in [-0.15, -0.1) is 0 Å². The molecule has 1 atom stereocenters. The van der Waals surface area contributed by atoms with E-state index in [-0.39, 0.29) is 23.7 Å². The average molecular weight is 586 g/mol. The molecule has 1 unspecified atom stereocenters. The van der Waals surface area contributed by atoms with E-state index in [1.807, 2.05) is 34.9 Å². The highest BCUT2D eigenvalue weighted by Gasteiger charge is 2.28. The van der Waals surface area contributed by atoms with Crippen molar-refractivity contribution in [2.75, 3.05) is 69.6 Å². The number of piperazine rings is 2. The van der Waals surface area contributed by atoms with Gasteiger partial charge in [-0.2, -0.15) is 0 Å². The first-order valence-electron chi connectivity index (χ1n) is 14.1. The Balaban J connectivity index is 1.22. The van der Waals surface area contributed by atoms with Crippen molar-refractivity contribution in [1.29, 1.82) is 0 Å². The van der Waals surface area contributed by atoms with Crippen molar-refractivity contribution in [3.05, 3.63) is 53.2 Å². The van der Waals surface area contributed by atoms with E-state index in [9.17, 15) is 9.59 Å². The highest BCUT2D eigenvalue weighted by molar-refractivity contribution is 7.99. The number of carbonyl (C=O) groups excluding carboxylic acids is 2. The molecule has 2 aliphatic heterocycles. The number of anilines is 1. The number of nitrogens with zero attached hydrogens (tertiary/aromatic N) is 6. The molecule has 4 rings (SSSR count). The number of hydrogen-bond donors (Lipinski definition) is 1. The fraction of sp³-hybridized carbons (Fsp3) is 0.517. The smallest absolute Gasteiger partial charge is 0.317 e. The minimum atomic E-state index is -0.0134. The Kier molecular flexibility index (Phi) is 11.5. The van der Waals surface area contributed by atoms with Crippen LogP contribution in [0.25, 0.3) is 6.08 Å². The molecule has 3 heterocycles. The maximum absolute atomic E-state index is 12.9. The highest BCUT2D eigenvalue weighted by atomic mass is 35.5. The zero-order valence-corrected chi connectivity index (χ0v) is 25.0. The van der Waals surface area contributed by atoms with Crippen molar-refractivity contribution in [1.82, 2.24) is 30.0 Å². The number of thioether (sulfide) groups is 1. The molecule has 216 valence electrons. The fourth-order valence-electron chi connectivity index (χ4n) is 4.85. The molecule has 2 aromatic rings. The van der Waals surface area contributed by atoms with Crippen molar-refractivity contribution in [3.63, 3.8) is 0 Å². The quantitative estimate of drug-likeness (QED) is 0.194. The van der Waals surface area contributed by atoms with E-state index in [1.54, 1.807) is 6.07 Å². The van der Waals surface area contributed by atoms with Gasteiger partial charge < -0.3 is 20.0 Å². The van der Waals surface area contributed by atoms with Gasteiger partial charge in [0.25, 0.3) is 0 Å². The fourth-order valence-corrected chi connectivity index (χ4v) is 5.84. The number of nitrogens with one attached hydrogen (secondary N) is 1. The number of hydrogen-bond acceptors (Lipinski definition) is 7. The monoisotopic (exact) mass is 585 g/mol. The Bertz CT molecular complexity index is 1140. The number of unbranched alkanes of at least 4 members (excludes halogenated alkanes) is 1. The first-order chi connectivity index (χ1) is 19.4. The molecular weight excluding hydrogens is 546 g/mol. The maximum Gasteiger partial charge on any atom is 0.317 e. The van der Waals surface area contributed by atoms with Crippen LogP contribution in [0.15, 0.2) is 47.6 Å². The van der Waals surface area contributed by atoms with E-state index in [0.29, 0.717) is 49.6 Å². The van der Waals surface area contributed by atoms with E-state index in [4.69, 9.17) is 16.6 Å². The van der Waals surface area contributed by atoms with Crippen molar-refractivity contribution < 1.29 is 9.59 Å². The van der Waals surface area contributed by atoms with Crippen LogP contribution in [-0.4, -0.2) is 107 Å². The molecule has 2 saturated heterocycles. The summed E-state index contributed by atoms with van der Waals surface area (Å²) in [5.41, 5.74) is 1.20. The molecule has 40 heavy (non-hydrogen) atoms. The third kappa shape index (κ3) is 8.84. The van der Waals surface area contributed by atoms with Gasteiger partial charge in [-0.25, -0.2) is 14.8 Å². The van der Waals surface area contributed by atoms with Gasteiger partial charge in [0.15, 0.2) is 5.16 Å². The molecule has 0 aliphatic carbocycles. The Morgan fingerprint density at radius 1 is 1.10 bits per heavy atom. The summed E-state index contributed by atoms with van der Waals surface area (Å²) in [6, 6.07) is 12.1. The topological polar surface area (TPSA) is 84.9 Å². The van der Waals surface area contributed by atoms with Crippen LogP contribution in [-0.2, 0) is 4.79 Å². The largest absolute Gasteiger partial charge is 0.353 e. The summed E-state index contributed by atoms with van der Waals surface area (Å²) in [6.45, 7) is 10.8. The van der Waals surface area contributed by atoms with Gasteiger partial charge >= 0.3 is 6.03 Å². The van der Waals surface area contributed by atoms with Crippen molar-refractivity contribution in [2.24, 2.45) is 0 Å². The van der Waals surface area contributed by atoms with Gasteiger partial charge in [0.1, 0.15) is 11.0 Å². The molecular formula is C29H40ClN7O2S. The Labute approximate surface area is 246 Å². The van der Waals surface area contributed by atoms with Gasteiger partial charge in [-0.3, -0.25) is 9.69 Å². The number of urea groups is 1. The molecule has 0 saturated carbocycles. The van der Waals surface area contributed by atoms with E-state index in [0.717, 1.165) is 38.3 Å². The van der Waals surface area contributed by atoms with Crippen LogP contribution in [0.3, 0.4) is 0 Å². The molecule has 2 aliphatic rings. The molecule has 11 heteroatoms. The summed E-state index contributed by atoms with van der Waals surface area (Å²) < 4.78 is 0. The lowest BCUT2D eigenvalue weighted by Crippen LogP contribution is -2.56. The minimum absolute atomic E-state index is 0.0134. The molecule has 1 aromatic carbocycles.